The van der Waals surface area contributed by atoms with E-state index in [0.717, 1.165) is 25.9 Å². The third kappa shape index (κ3) is 3.51. The molecule has 2 aromatic heterocycles. The third-order valence-electron chi connectivity index (χ3n) is 3.40. The maximum absolute atomic E-state index is 4.64. The number of nitrogens with zero attached hydrogens (tertiary/aromatic N) is 2. The summed E-state index contributed by atoms with van der Waals surface area (Å²) in [5, 5.41) is 10.4. The summed E-state index contributed by atoms with van der Waals surface area (Å²) in [6.07, 6.45) is 1.97. The molecular formula is C15H22BrN3S. The Labute approximate surface area is 133 Å². The van der Waals surface area contributed by atoms with Crippen LogP contribution >= 0.6 is 27.3 Å². The first-order valence-electron chi connectivity index (χ1n) is 7.21. The van der Waals surface area contributed by atoms with Gasteiger partial charge in [0, 0.05) is 34.1 Å². The van der Waals surface area contributed by atoms with E-state index in [1.807, 2.05) is 0 Å². The van der Waals surface area contributed by atoms with Gasteiger partial charge in [-0.25, -0.2) is 0 Å². The zero-order chi connectivity index (χ0) is 14.5. The normalized spacial score (nSPS) is 12.8. The topological polar surface area (TPSA) is 29.9 Å². The van der Waals surface area contributed by atoms with Gasteiger partial charge in [-0.2, -0.15) is 5.10 Å². The van der Waals surface area contributed by atoms with Gasteiger partial charge >= 0.3 is 0 Å². The third-order valence-corrected chi connectivity index (χ3v) is 5.39. The Balaban J connectivity index is 2.24. The van der Waals surface area contributed by atoms with Crippen molar-refractivity contribution < 1.29 is 0 Å². The summed E-state index contributed by atoms with van der Waals surface area (Å²) in [6, 6.07) is 4.72. The second kappa shape index (κ2) is 7.38. The molecule has 110 valence electrons. The van der Waals surface area contributed by atoms with E-state index >= 15 is 0 Å². The van der Waals surface area contributed by atoms with Crippen molar-refractivity contribution in [2.24, 2.45) is 0 Å². The maximum atomic E-state index is 4.64. The molecule has 0 aliphatic heterocycles. The van der Waals surface area contributed by atoms with Gasteiger partial charge in [-0.1, -0.05) is 13.8 Å². The van der Waals surface area contributed by atoms with Crippen molar-refractivity contribution in [3.8, 4) is 0 Å². The number of nitrogens with one attached hydrogen (secondary N) is 1. The van der Waals surface area contributed by atoms with Gasteiger partial charge in [0.25, 0.3) is 0 Å². The molecular weight excluding hydrogens is 334 g/mol. The van der Waals surface area contributed by atoms with E-state index in [0.29, 0.717) is 6.04 Å². The highest BCUT2D eigenvalue weighted by Crippen LogP contribution is 2.31. The molecule has 0 aliphatic carbocycles. The second-order valence-corrected chi connectivity index (χ2v) is 6.55. The number of halogens is 1. The molecule has 0 saturated heterocycles. The number of hydrogen-bond acceptors (Lipinski definition) is 3. The van der Waals surface area contributed by atoms with Crippen molar-refractivity contribution >= 4 is 27.3 Å². The van der Waals surface area contributed by atoms with E-state index in [2.05, 4.69) is 69.3 Å². The van der Waals surface area contributed by atoms with E-state index < -0.39 is 0 Å². The molecule has 20 heavy (non-hydrogen) atoms. The van der Waals surface area contributed by atoms with Crippen LogP contribution in [0.25, 0.3) is 0 Å². The van der Waals surface area contributed by atoms with Gasteiger partial charge in [0.2, 0.25) is 0 Å². The number of aromatic nitrogens is 2. The molecule has 3 nitrogen and oxygen atoms in total. The second-order valence-electron chi connectivity index (χ2n) is 4.74. The molecule has 0 radical (unpaired) electrons. The summed E-state index contributed by atoms with van der Waals surface area (Å²) >= 11 is 5.46. The average Bonchev–Trinajstić information content (AvgIpc) is 3.04. The summed E-state index contributed by atoms with van der Waals surface area (Å²) in [7, 11) is 0. The smallest absolute Gasteiger partial charge is 0.0624 e. The van der Waals surface area contributed by atoms with Gasteiger partial charge in [0.05, 0.1) is 5.69 Å². The maximum Gasteiger partial charge on any atom is 0.0624 e. The number of aryl methyl sites for hydroxylation is 2. The highest BCUT2D eigenvalue weighted by molar-refractivity contribution is 9.10. The van der Waals surface area contributed by atoms with Crippen LogP contribution in [0.15, 0.2) is 22.0 Å². The lowest BCUT2D eigenvalue weighted by molar-refractivity contribution is 0.520. The van der Waals surface area contributed by atoms with Gasteiger partial charge in [-0.3, -0.25) is 4.68 Å². The van der Waals surface area contributed by atoms with Crippen molar-refractivity contribution in [1.29, 1.82) is 0 Å². The van der Waals surface area contributed by atoms with Crippen molar-refractivity contribution in [1.82, 2.24) is 15.1 Å². The molecule has 5 heteroatoms. The first kappa shape index (κ1) is 15.7. The minimum absolute atomic E-state index is 0.348. The first-order valence-corrected chi connectivity index (χ1v) is 8.88. The minimum atomic E-state index is 0.348. The Morgan fingerprint density at radius 3 is 2.75 bits per heavy atom. The quantitative estimate of drug-likeness (QED) is 0.807. The molecule has 2 rings (SSSR count). The van der Waals surface area contributed by atoms with E-state index in [1.165, 1.54) is 20.7 Å². The van der Waals surface area contributed by atoms with Crippen LogP contribution in [0.3, 0.4) is 0 Å². The van der Waals surface area contributed by atoms with E-state index in [4.69, 9.17) is 0 Å². The van der Waals surface area contributed by atoms with Crippen LogP contribution in [0.1, 0.15) is 43.1 Å². The predicted molar refractivity (Wildman–Crippen MR) is 89.4 cm³/mol. The monoisotopic (exact) mass is 355 g/mol. The van der Waals surface area contributed by atoms with Crippen molar-refractivity contribution in [2.75, 3.05) is 6.54 Å². The van der Waals surface area contributed by atoms with Gasteiger partial charge in [0.1, 0.15) is 0 Å². The van der Waals surface area contributed by atoms with Gasteiger partial charge < -0.3 is 5.32 Å². The van der Waals surface area contributed by atoms with Gasteiger partial charge in [0.15, 0.2) is 0 Å². The summed E-state index contributed by atoms with van der Waals surface area (Å²) < 4.78 is 3.33. The molecule has 1 unspecified atom stereocenters. The van der Waals surface area contributed by atoms with Gasteiger partial charge in [-0.15, -0.1) is 11.3 Å². The number of rotatable bonds is 7. The zero-order valence-corrected chi connectivity index (χ0v) is 14.7. The predicted octanol–water partition coefficient (Wildman–Crippen LogP) is 4.18. The highest BCUT2D eigenvalue weighted by Gasteiger charge is 2.18. The Morgan fingerprint density at radius 2 is 2.20 bits per heavy atom. The van der Waals surface area contributed by atoms with Crippen LogP contribution in [-0.4, -0.2) is 16.3 Å². The van der Waals surface area contributed by atoms with Crippen LogP contribution < -0.4 is 5.32 Å². The fraction of sp³-hybridized carbons (Fsp3) is 0.533. The molecule has 0 amide bonds. The zero-order valence-electron chi connectivity index (χ0n) is 12.3. The number of thiophene rings is 1. The molecule has 2 heterocycles. The lowest BCUT2D eigenvalue weighted by Gasteiger charge is -2.17. The molecule has 0 saturated carbocycles. The molecule has 2 aromatic rings. The van der Waals surface area contributed by atoms with E-state index in [9.17, 15) is 0 Å². The van der Waals surface area contributed by atoms with Crippen LogP contribution in [0.5, 0.6) is 0 Å². The van der Waals surface area contributed by atoms with Crippen LogP contribution in [0, 0.1) is 0 Å². The molecule has 0 bridgehead atoms. The molecule has 0 spiro atoms. The summed E-state index contributed by atoms with van der Waals surface area (Å²) in [6.45, 7) is 8.36. The molecule has 1 atom stereocenters. The summed E-state index contributed by atoms with van der Waals surface area (Å²) in [5.74, 6) is 0. The standard InChI is InChI=1S/C15H22BrN3S/c1-4-11-9-12(19(6-3)18-11)10-14(17-5-2)15-13(16)7-8-20-15/h7-9,14,17H,4-6,10H2,1-3H3. The van der Waals surface area contributed by atoms with Crippen LogP contribution in [0.4, 0.5) is 0 Å². The SMILES string of the molecule is CCNC(Cc1cc(CC)nn1CC)c1sccc1Br. The highest BCUT2D eigenvalue weighted by atomic mass is 79.9. The van der Waals surface area contributed by atoms with E-state index in [1.54, 1.807) is 11.3 Å². The molecule has 0 aromatic carbocycles. The van der Waals surface area contributed by atoms with Crippen LogP contribution in [-0.2, 0) is 19.4 Å². The molecule has 0 aliphatic rings. The van der Waals surface area contributed by atoms with E-state index in [-0.39, 0.29) is 0 Å². The average molecular weight is 356 g/mol. The van der Waals surface area contributed by atoms with Crippen molar-refractivity contribution in [3.63, 3.8) is 0 Å². The summed E-state index contributed by atoms with van der Waals surface area (Å²) in [5.41, 5.74) is 2.50. The molecule has 1 N–H and O–H groups in total. The number of hydrogen-bond donors (Lipinski definition) is 1. The lowest BCUT2D eigenvalue weighted by Crippen LogP contribution is -2.23. The lowest BCUT2D eigenvalue weighted by atomic mass is 10.1. The Bertz CT molecular complexity index is 547. The van der Waals surface area contributed by atoms with Crippen molar-refractivity contribution in [2.45, 2.75) is 46.2 Å². The Kier molecular flexibility index (Phi) is 5.81. The largest absolute Gasteiger partial charge is 0.309 e. The fourth-order valence-electron chi connectivity index (χ4n) is 2.39. The Hall–Kier alpha value is -0.650. The minimum Gasteiger partial charge on any atom is -0.309 e. The Morgan fingerprint density at radius 1 is 1.40 bits per heavy atom. The fourth-order valence-corrected chi connectivity index (χ4v) is 4.12. The van der Waals surface area contributed by atoms with Gasteiger partial charge in [-0.05, 0) is 53.3 Å². The summed E-state index contributed by atoms with van der Waals surface area (Å²) in [4.78, 5) is 1.37. The van der Waals surface area contributed by atoms with Crippen LogP contribution in [0.2, 0.25) is 0 Å². The molecule has 0 fully saturated rings. The van der Waals surface area contributed by atoms with Crippen molar-refractivity contribution in [3.05, 3.63) is 38.3 Å². The first-order chi connectivity index (χ1) is 9.69. The number of likely N-dealkylation sites (N-methyl/N-ethyl adjacent to an activating group) is 1.